The van der Waals surface area contributed by atoms with Gasteiger partial charge in [0, 0.05) is 30.1 Å². The van der Waals surface area contributed by atoms with Crippen molar-refractivity contribution in [2.24, 2.45) is 0 Å². The minimum atomic E-state index is -0.424. The molecular formula is C20H16N6O2. The average Bonchev–Trinajstić information content (AvgIpc) is 2.68. The minimum Gasteiger partial charge on any atom is -0.340 e. The number of carbonyl (C=O) groups is 2. The van der Waals surface area contributed by atoms with Crippen LogP contribution in [0.3, 0.4) is 0 Å². The molecule has 1 heterocycles. The summed E-state index contributed by atoms with van der Waals surface area (Å²) in [5.74, 6) is -0.169. The van der Waals surface area contributed by atoms with Gasteiger partial charge in [0.1, 0.15) is 17.8 Å². The maximum absolute atomic E-state index is 12.4. The molecule has 0 saturated carbocycles. The van der Waals surface area contributed by atoms with Crippen LogP contribution in [-0.4, -0.2) is 21.8 Å². The van der Waals surface area contributed by atoms with Crippen LogP contribution in [-0.2, 0) is 4.79 Å². The third kappa shape index (κ3) is 4.89. The SMILES string of the molecule is CC(=O)Nc1cccc(Nc2cc(C(=O)Nc3cccc(C#N)c3)ncn2)c1. The van der Waals surface area contributed by atoms with Crippen molar-refractivity contribution in [3.63, 3.8) is 0 Å². The van der Waals surface area contributed by atoms with E-state index in [0.717, 1.165) is 0 Å². The largest absolute Gasteiger partial charge is 0.340 e. The Morgan fingerprint density at radius 3 is 2.39 bits per heavy atom. The van der Waals surface area contributed by atoms with Gasteiger partial charge in [-0.3, -0.25) is 9.59 Å². The molecule has 0 atom stereocenters. The number of anilines is 4. The van der Waals surface area contributed by atoms with E-state index in [1.807, 2.05) is 6.07 Å². The average molecular weight is 372 g/mol. The van der Waals surface area contributed by atoms with Crippen LogP contribution in [0.2, 0.25) is 0 Å². The second-order valence-electron chi connectivity index (χ2n) is 5.82. The zero-order valence-corrected chi connectivity index (χ0v) is 14.9. The Balaban J connectivity index is 1.74. The van der Waals surface area contributed by atoms with Gasteiger partial charge in [0.25, 0.3) is 5.91 Å². The van der Waals surface area contributed by atoms with E-state index in [4.69, 9.17) is 5.26 Å². The van der Waals surface area contributed by atoms with E-state index < -0.39 is 5.91 Å². The molecule has 1 aromatic heterocycles. The Bertz CT molecular complexity index is 1070. The van der Waals surface area contributed by atoms with Crippen LogP contribution in [0, 0.1) is 11.3 Å². The van der Waals surface area contributed by atoms with Gasteiger partial charge in [-0.15, -0.1) is 0 Å². The van der Waals surface area contributed by atoms with E-state index in [-0.39, 0.29) is 11.6 Å². The Morgan fingerprint density at radius 2 is 1.64 bits per heavy atom. The Morgan fingerprint density at radius 1 is 0.929 bits per heavy atom. The van der Waals surface area contributed by atoms with Gasteiger partial charge in [0.05, 0.1) is 11.6 Å². The molecule has 8 nitrogen and oxygen atoms in total. The second-order valence-corrected chi connectivity index (χ2v) is 5.82. The number of benzene rings is 2. The van der Waals surface area contributed by atoms with Crippen molar-refractivity contribution in [3.05, 3.63) is 72.2 Å². The van der Waals surface area contributed by atoms with Crippen LogP contribution in [0.5, 0.6) is 0 Å². The first-order valence-electron chi connectivity index (χ1n) is 8.32. The summed E-state index contributed by atoms with van der Waals surface area (Å²) in [5, 5.41) is 17.4. The van der Waals surface area contributed by atoms with Gasteiger partial charge in [0.15, 0.2) is 0 Å². The number of nitrogens with one attached hydrogen (secondary N) is 3. The number of carbonyl (C=O) groups excluding carboxylic acids is 2. The van der Waals surface area contributed by atoms with Gasteiger partial charge < -0.3 is 16.0 Å². The Kier molecular flexibility index (Phi) is 5.58. The van der Waals surface area contributed by atoms with Crippen molar-refractivity contribution in [3.8, 4) is 6.07 Å². The zero-order valence-electron chi connectivity index (χ0n) is 14.9. The first-order chi connectivity index (χ1) is 13.5. The topological polar surface area (TPSA) is 120 Å². The van der Waals surface area contributed by atoms with Gasteiger partial charge >= 0.3 is 0 Å². The van der Waals surface area contributed by atoms with Crippen molar-refractivity contribution in [2.45, 2.75) is 6.92 Å². The summed E-state index contributed by atoms with van der Waals surface area (Å²) in [4.78, 5) is 31.7. The van der Waals surface area contributed by atoms with Gasteiger partial charge in [0.2, 0.25) is 5.91 Å². The zero-order chi connectivity index (χ0) is 19.9. The maximum atomic E-state index is 12.4. The van der Waals surface area contributed by atoms with Crippen molar-refractivity contribution in [1.82, 2.24) is 9.97 Å². The summed E-state index contributed by atoms with van der Waals surface area (Å²) < 4.78 is 0. The molecule has 0 fully saturated rings. The fraction of sp³-hybridized carbons (Fsp3) is 0.0500. The van der Waals surface area contributed by atoms with Crippen LogP contribution in [0.4, 0.5) is 22.9 Å². The Labute approximate surface area is 161 Å². The molecular weight excluding hydrogens is 356 g/mol. The summed E-state index contributed by atoms with van der Waals surface area (Å²) >= 11 is 0. The number of aromatic nitrogens is 2. The lowest BCUT2D eigenvalue weighted by Gasteiger charge is -2.09. The highest BCUT2D eigenvalue weighted by Crippen LogP contribution is 2.19. The standard InChI is InChI=1S/C20H16N6O2/c1-13(27)24-16-6-3-7-17(9-16)25-19-10-18(22-12-23-19)20(28)26-15-5-2-4-14(8-15)11-21/h2-10,12H,1H3,(H,24,27)(H,26,28)(H,22,23,25). The number of hydrogen-bond acceptors (Lipinski definition) is 6. The molecule has 0 aliphatic rings. The molecule has 3 aromatic rings. The van der Waals surface area contributed by atoms with Crippen LogP contribution >= 0.6 is 0 Å². The molecule has 28 heavy (non-hydrogen) atoms. The first-order valence-corrected chi connectivity index (χ1v) is 8.32. The van der Waals surface area contributed by atoms with Crippen LogP contribution in [0.1, 0.15) is 23.0 Å². The van der Waals surface area contributed by atoms with E-state index in [9.17, 15) is 9.59 Å². The molecule has 0 bridgehead atoms. The van der Waals surface area contributed by atoms with E-state index in [2.05, 4.69) is 25.9 Å². The summed E-state index contributed by atoms with van der Waals surface area (Å²) in [6.45, 7) is 1.43. The predicted molar refractivity (Wildman–Crippen MR) is 105 cm³/mol. The van der Waals surface area contributed by atoms with Gasteiger partial charge in [-0.05, 0) is 36.4 Å². The molecule has 3 rings (SSSR count). The van der Waals surface area contributed by atoms with Gasteiger partial charge in [-0.2, -0.15) is 5.26 Å². The monoisotopic (exact) mass is 372 g/mol. The quantitative estimate of drug-likeness (QED) is 0.632. The number of hydrogen-bond donors (Lipinski definition) is 3. The number of nitriles is 1. The third-order valence-electron chi connectivity index (χ3n) is 3.60. The van der Waals surface area contributed by atoms with Crippen molar-refractivity contribution in [2.75, 3.05) is 16.0 Å². The first kappa shape index (κ1) is 18.5. The molecule has 8 heteroatoms. The van der Waals surface area contributed by atoms with E-state index in [0.29, 0.717) is 28.4 Å². The van der Waals surface area contributed by atoms with Crippen molar-refractivity contribution in [1.29, 1.82) is 5.26 Å². The molecule has 0 unspecified atom stereocenters. The van der Waals surface area contributed by atoms with E-state index in [1.54, 1.807) is 48.5 Å². The molecule has 0 aliphatic carbocycles. The molecule has 0 spiro atoms. The van der Waals surface area contributed by atoms with Crippen LogP contribution in [0.25, 0.3) is 0 Å². The molecule has 0 aliphatic heterocycles. The number of amides is 2. The molecule has 2 aromatic carbocycles. The fourth-order valence-electron chi connectivity index (χ4n) is 2.44. The summed E-state index contributed by atoms with van der Waals surface area (Å²) in [7, 11) is 0. The van der Waals surface area contributed by atoms with Crippen LogP contribution < -0.4 is 16.0 Å². The third-order valence-corrected chi connectivity index (χ3v) is 3.60. The van der Waals surface area contributed by atoms with Gasteiger partial charge in [-0.1, -0.05) is 12.1 Å². The fourth-order valence-corrected chi connectivity index (χ4v) is 2.44. The highest BCUT2D eigenvalue weighted by atomic mass is 16.2. The molecule has 138 valence electrons. The smallest absolute Gasteiger partial charge is 0.274 e. The summed E-state index contributed by atoms with van der Waals surface area (Å²) in [5.41, 5.74) is 2.44. The molecule has 0 saturated heterocycles. The van der Waals surface area contributed by atoms with E-state index >= 15 is 0 Å². The second kappa shape index (κ2) is 8.42. The summed E-state index contributed by atoms with van der Waals surface area (Å²) in [6.07, 6.45) is 1.28. The highest BCUT2D eigenvalue weighted by molar-refractivity contribution is 6.03. The summed E-state index contributed by atoms with van der Waals surface area (Å²) in [6, 6.07) is 17.2. The lowest BCUT2D eigenvalue weighted by atomic mass is 10.2. The predicted octanol–water partition coefficient (Wildman–Crippen LogP) is 3.30. The van der Waals surface area contributed by atoms with Crippen molar-refractivity contribution < 1.29 is 9.59 Å². The molecule has 2 amide bonds. The number of rotatable bonds is 5. The normalized spacial score (nSPS) is 9.86. The van der Waals surface area contributed by atoms with Crippen molar-refractivity contribution >= 4 is 34.7 Å². The van der Waals surface area contributed by atoms with Crippen LogP contribution in [0.15, 0.2) is 60.9 Å². The molecule has 3 N–H and O–H groups in total. The molecule has 0 radical (unpaired) electrons. The highest BCUT2D eigenvalue weighted by Gasteiger charge is 2.10. The lowest BCUT2D eigenvalue weighted by molar-refractivity contribution is -0.114. The Hall–Kier alpha value is -4.25. The lowest BCUT2D eigenvalue weighted by Crippen LogP contribution is -2.14. The van der Waals surface area contributed by atoms with E-state index in [1.165, 1.54) is 19.3 Å². The number of nitrogens with zero attached hydrogens (tertiary/aromatic N) is 3. The maximum Gasteiger partial charge on any atom is 0.274 e. The minimum absolute atomic E-state index is 0.165. The van der Waals surface area contributed by atoms with Gasteiger partial charge in [-0.25, -0.2) is 9.97 Å².